The van der Waals surface area contributed by atoms with Crippen LogP contribution in [0.2, 0.25) is 10.0 Å². The van der Waals surface area contributed by atoms with E-state index in [-0.39, 0.29) is 5.60 Å². The highest BCUT2D eigenvalue weighted by Gasteiger charge is 2.41. The number of fused-ring (bicyclic) bond motifs is 1. The fourth-order valence-electron chi connectivity index (χ4n) is 4.79. The summed E-state index contributed by atoms with van der Waals surface area (Å²) in [7, 11) is 0. The van der Waals surface area contributed by atoms with Crippen molar-refractivity contribution in [3.8, 4) is 23.0 Å². The summed E-state index contributed by atoms with van der Waals surface area (Å²) in [6, 6.07) is 9.39. The minimum Gasteiger partial charge on any atom is -0.492 e. The molecular weight excluding hydrogens is 537 g/mol. The van der Waals surface area contributed by atoms with Gasteiger partial charge in [-0.3, -0.25) is 9.88 Å². The van der Waals surface area contributed by atoms with E-state index in [0.717, 1.165) is 68.3 Å². The Bertz CT molecular complexity index is 1480. The van der Waals surface area contributed by atoms with Crippen LogP contribution in [0.1, 0.15) is 31.2 Å². The highest BCUT2D eigenvalue weighted by atomic mass is 35.5. The topological polar surface area (TPSA) is 90.2 Å². The van der Waals surface area contributed by atoms with E-state index in [1.54, 1.807) is 0 Å². The van der Waals surface area contributed by atoms with Crippen molar-refractivity contribution in [2.24, 2.45) is 0 Å². The van der Waals surface area contributed by atoms with Crippen LogP contribution in [0.4, 0.5) is 0 Å². The number of aryl methyl sites for hydroxylation is 1. The van der Waals surface area contributed by atoms with Crippen molar-refractivity contribution in [1.82, 2.24) is 34.7 Å². The number of hydrogen-bond donors (Lipinski definition) is 1. The molecule has 0 radical (unpaired) electrons. The fourth-order valence-corrected chi connectivity index (χ4v) is 5.33. The van der Waals surface area contributed by atoms with Gasteiger partial charge in [-0.15, -0.1) is 0 Å². The molecule has 204 valence electrons. The van der Waals surface area contributed by atoms with Gasteiger partial charge in [0.2, 0.25) is 5.88 Å². The number of pyridine rings is 1. The second-order valence-electron chi connectivity index (χ2n) is 10.4. The van der Waals surface area contributed by atoms with Crippen LogP contribution in [0.25, 0.3) is 22.6 Å². The van der Waals surface area contributed by atoms with Crippen molar-refractivity contribution in [1.29, 1.82) is 0 Å². The van der Waals surface area contributed by atoms with E-state index in [1.165, 1.54) is 6.33 Å². The summed E-state index contributed by atoms with van der Waals surface area (Å²) in [5.41, 5.74) is 3.41. The Morgan fingerprint density at radius 1 is 1.05 bits per heavy atom. The molecule has 0 bridgehead atoms. The summed E-state index contributed by atoms with van der Waals surface area (Å²) < 4.78 is 14.3. The first-order chi connectivity index (χ1) is 18.9. The number of halogens is 2. The quantitative estimate of drug-likeness (QED) is 0.309. The number of ether oxygens (including phenoxy) is 2. The molecular formula is C28H31Cl2N7O2. The van der Waals surface area contributed by atoms with E-state index in [9.17, 15) is 0 Å². The Morgan fingerprint density at radius 2 is 1.87 bits per heavy atom. The summed E-state index contributed by atoms with van der Waals surface area (Å²) in [5, 5.41) is 4.53. The lowest BCUT2D eigenvalue weighted by Crippen LogP contribution is -2.44. The Morgan fingerprint density at radius 3 is 2.62 bits per heavy atom. The fraction of sp³-hybridized carbons (Fsp3) is 0.429. The van der Waals surface area contributed by atoms with Gasteiger partial charge in [-0.25, -0.2) is 9.97 Å². The number of piperazine rings is 1. The zero-order valence-electron chi connectivity index (χ0n) is 22.1. The molecule has 9 nitrogen and oxygen atoms in total. The van der Waals surface area contributed by atoms with Crippen LogP contribution >= 0.6 is 23.2 Å². The molecule has 2 fully saturated rings. The predicted molar refractivity (Wildman–Crippen MR) is 152 cm³/mol. The SMILES string of the molecule is Cc1cc(Cl)cc(Cn2c(-c3ccc(OCCN4CCNCC4)cc3Cl)nc3c(OC4(C)CC4)ncnc32)n1. The lowest BCUT2D eigenvalue weighted by molar-refractivity contribution is 0.191. The minimum absolute atomic E-state index is 0.210. The molecule has 4 aromatic rings. The molecule has 1 saturated heterocycles. The molecule has 11 heteroatoms. The van der Waals surface area contributed by atoms with Crippen LogP contribution < -0.4 is 14.8 Å². The molecule has 1 saturated carbocycles. The maximum Gasteiger partial charge on any atom is 0.245 e. The standard InChI is InChI=1S/C28H31Cl2N7O2/c1-18-13-19(29)14-20(34-18)16-37-25(35-24-26(37)32-17-33-27(24)39-28(2)5-6-28)22-4-3-21(15-23(22)30)38-12-11-36-9-7-31-8-10-36/h3-4,13-15,17,31H,5-12,16H2,1-2H3. The Kier molecular flexibility index (Phi) is 7.33. The molecule has 1 aromatic carbocycles. The van der Waals surface area contributed by atoms with Gasteiger partial charge in [0.25, 0.3) is 0 Å². The molecule has 4 heterocycles. The van der Waals surface area contributed by atoms with Gasteiger partial charge in [0, 0.05) is 49.0 Å². The number of rotatable bonds is 9. The molecule has 1 aliphatic heterocycles. The van der Waals surface area contributed by atoms with E-state index < -0.39 is 0 Å². The van der Waals surface area contributed by atoms with Gasteiger partial charge < -0.3 is 19.4 Å². The largest absolute Gasteiger partial charge is 0.492 e. The van der Waals surface area contributed by atoms with Crippen LogP contribution in [0.5, 0.6) is 11.6 Å². The van der Waals surface area contributed by atoms with Crippen molar-refractivity contribution >= 4 is 34.4 Å². The maximum absolute atomic E-state index is 6.84. The molecule has 0 unspecified atom stereocenters. The zero-order chi connectivity index (χ0) is 27.0. The first kappa shape index (κ1) is 26.3. The van der Waals surface area contributed by atoms with E-state index in [2.05, 4.69) is 32.1 Å². The number of nitrogens with one attached hydrogen (secondary N) is 1. The summed E-state index contributed by atoms with van der Waals surface area (Å²) in [6.07, 6.45) is 3.48. The van der Waals surface area contributed by atoms with Gasteiger partial charge in [0.1, 0.15) is 30.1 Å². The molecule has 1 N–H and O–H groups in total. The van der Waals surface area contributed by atoms with E-state index in [0.29, 0.717) is 46.1 Å². The number of hydrogen-bond acceptors (Lipinski definition) is 8. The molecule has 0 spiro atoms. The molecule has 6 rings (SSSR count). The number of nitrogens with zero attached hydrogens (tertiary/aromatic N) is 6. The number of aromatic nitrogens is 5. The highest BCUT2D eigenvalue weighted by Crippen LogP contribution is 2.41. The maximum atomic E-state index is 6.84. The first-order valence-electron chi connectivity index (χ1n) is 13.3. The van der Waals surface area contributed by atoms with Crippen LogP contribution in [0, 0.1) is 6.92 Å². The van der Waals surface area contributed by atoms with E-state index >= 15 is 0 Å². The lowest BCUT2D eigenvalue weighted by Gasteiger charge is -2.26. The third-order valence-corrected chi connectivity index (χ3v) is 7.69. The summed E-state index contributed by atoms with van der Waals surface area (Å²) in [5.74, 6) is 1.84. The predicted octanol–water partition coefficient (Wildman–Crippen LogP) is 4.77. The van der Waals surface area contributed by atoms with Gasteiger partial charge in [0.15, 0.2) is 11.2 Å². The molecule has 1 aliphatic carbocycles. The highest BCUT2D eigenvalue weighted by molar-refractivity contribution is 6.33. The van der Waals surface area contributed by atoms with Crippen molar-refractivity contribution in [3.05, 3.63) is 58.1 Å². The first-order valence-corrected chi connectivity index (χ1v) is 14.0. The molecule has 0 atom stereocenters. The normalized spacial score (nSPS) is 16.9. The average molecular weight is 569 g/mol. The third-order valence-electron chi connectivity index (χ3n) is 7.15. The average Bonchev–Trinajstić information content (AvgIpc) is 3.52. The molecule has 0 amide bonds. The second kappa shape index (κ2) is 10.9. The molecule has 3 aromatic heterocycles. The van der Waals surface area contributed by atoms with Crippen molar-refractivity contribution in [2.45, 2.75) is 38.8 Å². The Labute approximate surface area is 237 Å². The second-order valence-corrected chi connectivity index (χ2v) is 11.3. The summed E-state index contributed by atoms with van der Waals surface area (Å²) in [6.45, 7) is 9.98. The van der Waals surface area contributed by atoms with Gasteiger partial charge in [-0.05, 0) is 57.0 Å². The molecule has 39 heavy (non-hydrogen) atoms. The van der Waals surface area contributed by atoms with E-state index in [4.69, 9.17) is 37.7 Å². The van der Waals surface area contributed by atoms with Crippen molar-refractivity contribution < 1.29 is 9.47 Å². The van der Waals surface area contributed by atoms with Gasteiger partial charge in [0.05, 0.1) is 17.3 Å². The van der Waals surface area contributed by atoms with Crippen molar-refractivity contribution in [2.75, 3.05) is 39.3 Å². The third kappa shape index (κ3) is 5.96. The zero-order valence-corrected chi connectivity index (χ0v) is 23.6. The van der Waals surface area contributed by atoms with Crippen LogP contribution in [-0.2, 0) is 6.54 Å². The van der Waals surface area contributed by atoms with Crippen molar-refractivity contribution in [3.63, 3.8) is 0 Å². The monoisotopic (exact) mass is 567 g/mol. The van der Waals surface area contributed by atoms with Crippen LogP contribution in [0.3, 0.4) is 0 Å². The Balaban J connectivity index is 1.33. The van der Waals surface area contributed by atoms with Crippen LogP contribution in [0.15, 0.2) is 36.7 Å². The summed E-state index contributed by atoms with van der Waals surface area (Å²) in [4.78, 5) is 21.0. The lowest BCUT2D eigenvalue weighted by atomic mass is 10.2. The van der Waals surface area contributed by atoms with E-state index in [1.807, 2.05) is 41.8 Å². The summed E-state index contributed by atoms with van der Waals surface area (Å²) >= 11 is 13.2. The number of benzene rings is 1. The van der Waals surface area contributed by atoms with Gasteiger partial charge in [-0.2, -0.15) is 4.98 Å². The van der Waals surface area contributed by atoms with Gasteiger partial charge >= 0.3 is 0 Å². The minimum atomic E-state index is -0.210. The van der Waals surface area contributed by atoms with Gasteiger partial charge in [-0.1, -0.05) is 23.2 Å². The smallest absolute Gasteiger partial charge is 0.245 e. The van der Waals surface area contributed by atoms with Crippen LogP contribution in [-0.4, -0.2) is 74.3 Å². The molecule has 2 aliphatic rings. The number of imidazole rings is 1. The Hall–Kier alpha value is -2.98.